The molecule has 0 amide bonds. The maximum Gasteiger partial charge on any atom is 0.341 e. The molecule has 0 bridgehead atoms. The number of hydrogen-bond acceptors (Lipinski definition) is 0. The summed E-state index contributed by atoms with van der Waals surface area (Å²) in [4.78, 5) is 0. The topological polar surface area (TPSA) is 0 Å². The smallest absolute Gasteiger partial charge is 0.150 e. The molecule has 0 aliphatic carbocycles. The van der Waals surface area contributed by atoms with E-state index in [2.05, 4.69) is 6.58 Å². The van der Waals surface area contributed by atoms with Crippen molar-refractivity contribution >= 4 is 195 Å². The highest BCUT2D eigenvalue weighted by Gasteiger charge is 2.36. The molecule has 0 saturated carbocycles. The first-order chi connectivity index (χ1) is 12.9. The summed E-state index contributed by atoms with van der Waals surface area (Å²) in [6.45, 7) is 0.697. The standard InChI is InChI=1S/C5H11Cl7Si3.C3H6Cl2Si.C2H5Cl5Si2/c1-13(6,7)2-3-14(8,9)4-5-15(10,11)12;1-3-6(2,4)5;3-8(4)1-2-9(5,6)7/h2-5H2,1H3;3H,1H2,2H3;8H,1-2H2. The molecule has 0 aromatic rings. The molecule has 0 aromatic heterocycles. The molecule has 184 valence electrons. The van der Waals surface area contributed by atoms with Crippen molar-refractivity contribution in [2.75, 3.05) is 0 Å². The van der Waals surface area contributed by atoms with Gasteiger partial charge in [0.1, 0.15) is 0 Å². The van der Waals surface area contributed by atoms with Gasteiger partial charge in [-0.1, -0.05) is 5.70 Å². The molecule has 0 nitrogen and oxygen atoms in total. The van der Waals surface area contributed by atoms with Crippen LogP contribution in [0, 0.1) is 0 Å². The normalized spacial score (nSPS) is 13.2. The Kier molecular flexibility index (Phi) is 24.3. The van der Waals surface area contributed by atoms with Crippen LogP contribution in [0.4, 0.5) is 0 Å². The fourth-order valence-corrected chi connectivity index (χ4v) is 21.9. The lowest BCUT2D eigenvalue weighted by molar-refractivity contribution is 1.30. The van der Waals surface area contributed by atoms with Gasteiger partial charge in [0.25, 0.3) is 13.4 Å². The predicted octanol–water partition coefficient (Wildman–Crippen LogP) is 11.7. The van der Waals surface area contributed by atoms with Gasteiger partial charge in [-0.05, 0) is 49.4 Å². The highest BCUT2D eigenvalue weighted by Crippen LogP contribution is 2.38. The third kappa shape index (κ3) is 43.2. The lowest BCUT2D eigenvalue weighted by Crippen LogP contribution is -2.25. The van der Waals surface area contributed by atoms with Gasteiger partial charge in [0.15, 0.2) is 0 Å². The van der Waals surface area contributed by atoms with E-state index in [1.807, 2.05) is 6.55 Å². The molecule has 0 fully saturated rings. The molecular formula is C10H22Cl14Si6. The van der Waals surface area contributed by atoms with Gasteiger partial charge < -0.3 is 0 Å². The summed E-state index contributed by atoms with van der Waals surface area (Å²) in [5.74, 6) is 0. The van der Waals surface area contributed by atoms with Gasteiger partial charge in [-0.2, -0.15) is 22.2 Å². The van der Waals surface area contributed by atoms with Crippen molar-refractivity contribution in [2.24, 2.45) is 0 Å². The van der Waals surface area contributed by atoms with E-state index in [0.29, 0.717) is 36.3 Å². The van der Waals surface area contributed by atoms with Gasteiger partial charge in [0, 0.05) is 0 Å². The van der Waals surface area contributed by atoms with Gasteiger partial charge in [-0.3, -0.25) is 0 Å². The SMILES string of the molecule is C=C[Si](C)(Cl)Cl.C[Si](Cl)(Cl)CC[Si](Cl)(Cl)CC[Si](Cl)(Cl)Cl.Cl[SiH](Cl)CC[Si](Cl)(Cl)Cl. The summed E-state index contributed by atoms with van der Waals surface area (Å²) in [7, 11) is -1.54. The highest BCUT2D eigenvalue weighted by atomic mass is 35.8. The van der Waals surface area contributed by atoms with Crippen LogP contribution in [-0.2, 0) is 0 Å². The van der Waals surface area contributed by atoms with Crippen LogP contribution in [0.1, 0.15) is 0 Å². The molecule has 0 aliphatic rings. The molecule has 0 aromatic carbocycles. The van der Waals surface area contributed by atoms with E-state index in [1.54, 1.807) is 12.2 Å². The predicted molar refractivity (Wildman–Crippen MR) is 169 cm³/mol. The largest absolute Gasteiger partial charge is 0.341 e. The molecule has 0 unspecified atom stereocenters. The third-order valence-corrected chi connectivity index (χ3v) is 19.5. The minimum absolute atomic E-state index is 0.500. The van der Waals surface area contributed by atoms with Crippen molar-refractivity contribution in [3.8, 4) is 0 Å². The van der Waals surface area contributed by atoms with E-state index in [4.69, 9.17) is 155 Å². The van der Waals surface area contributed by atoms with Crippen LogP contribution in [0.15, 0.2) is 12.3 Å². The van der Waals surface area contributed by atoms with E-state index in [-0.39, 0.29) is 0 Å². The highest BCUT2D eigenvalue weighted by molar-refractivity contribution is 7.65. The van der Waals surface area contributed by atoms with Crippen LogP contribution >= 0.6 is 155 Å². The monoisotopic (exact) mass is 800 g/mol. The molecule has 0 saturated heterocycles. The van der Waals surface area contributed by atoms with Crippen molar-refractivity contribution in [1.29, 1.82) is 0 Å². The third-order valence-electron chi connectivity index (χ3n) is 2.71. The fourth-order valence-electron chi connectivity index (χ4n) is 1.12. The molecule has 0 atom stereocenters. The summed E-state index contributed by atoms with van der Waals surface area (Å²) in [6, 6.07) is -1.31. The van der Waals surface area contributed by atoms with E-state index < -0.39 is 39.5 Å². The molecule has 20 heteroatoms. The second kappa shape index (κ2) is 18.4. The zero-order valence-electron chi connectivity index (χ0n) is 15.9. The first-order valence-corrected chi connectivity index (χ1v) is 36.6. The van der Waals surface area contributed by atoms with Crippen LogP contribution in [0.25, 0.3) is 0 Å². The Morgan fingerprint density at radius 3 is 1.17 bits per heavy atom. The number of halogens is 14. The zero-order valence-corrected chi connectivity index (χ0v) is 32.6. The maximum atomic E-state index is 6.20. The Labute approximate surface area is 252 Å². The lowest BCUT2D eigenvalue weighted by Gasteiger charge is -2.20. The van der Waals surface area contributed by atoms with Crippen LogP contribution in [0.3, 0.4) is 0 Å². The maximum absolute atomic E-state index is 6.20. The second-order valence-corrected chi connectivity index (χ2v) is 53.5. The van der Waals surface area contributed by atoms with Crippen molar-refractivity contribution in [2.45, 2.75) is 49.4 Å². The van der Waals surface area contributed by atoms with Gasteiger partial charge in [0.2, 0.25) is 14.1 Å². The van der Waals surface area contributed by atoms with Gasteiger partial charge in [-0.15, -0.1) is 140 Å². The Balaban J connectivity index is -0.000000411. The zero-order chi connectivity index (χ0) is 25.0. The molecule has 30 heavy (non-hydrogen) atoms. The average molecular weight is 807 g/mol. The molecule has 0 heterocycles. The minimum atomic E-state index is -2.61. The van der Waals surface area contributed by atoms with Gasteiger partial charge >= 0.3 is 12.0 Å². The van der Waals surface area contributed by atoms with E-state index >= 15 is 0 Å². The van der Waals surface area contributed by atoms with Crippen LogP contribution in [-0.4, -0.2) is 39.5 Å². The van der Waals surface area contributed by atoms with Gasteiger partial charge in [0.05, 0.1) is 0 Å². The Morgan fingerprint density at radius 2 is 0.967 bits per heavy atom. The second-order valence-electron chi connectivity index (χ2n) is 6.25. The summed E-state index contributed by atoms with van der Waals surface area (Å²) in [5, 5.41) is 0. The van der Waals surface area contributed by atoms with E-state index in [1.165, 1.54) is 0 Å². The van der Waals surface area contributed by atoms with Crippen molar-refractivity contribution < 1.29 is 0 Å². The Morgan fingerprint density at radius 1 is 0.633 bits per heavy atom. The molecule has 0 rings (SSSR count). The van der Waals surface area contributed by atoms with E-state index in [9.17, 15) is 0 Å². The molecule has 0 spiro atoms. The van der Waals surface area contributed by atoms with Crippen LogP contribution < -0.4 is 0 Å². The Bertz CT molecular complexity index is 432. The van der Waals surface area contributed by atoms with Crippen LogP contribution in [0.5, 0.6) is 0 Å². The van der Waals surface area contributed by atoms with Crippen molar-refractivity contribution in [3.05, 3.63) is 12.3 Å². The molecule has 0 N–H and O–H groups in total. The summed E-state index contributed by atoms with van der Waals surface area (Å²) in [6.07, 6.45) is 0. The summed E-state index contributed by atoms with van der Waals surface area (Å²) >= 11 is 80.4. The Hall–Kier alpha value is 5.10. The molecule has 0 radical (unpaired) electrons. The first kappa shape index (κ1) is 39.6. The first-order valence-electron chi connectivity index (χ1n) is 8.08. The summed E-state index contributed by atoms with van der Waals surface area (Å²) < 4.78 is 0. The average Bonchev–Trinajstić information content (AvgIpc) is 2.48. The number of rotatable bonds is 10. The van der Waals surface area contributed by atoms with Crippen molar-refractivity contribution in [1.82, 2.24) is 0 Å². The van der Waals surface area contributed by atoms with E-state index in [0.717, 1.165) is 0 Å². The lowest BCUT2D eigenvalue weighted by atomic mass is 10.9. The number of hydrogen-bond donors (Lipinski definition) is 0. The van der Waals surface area contributed by atoms with Crippen molar-refractivity contribution in [3.63, 3.8) is 0 Å². The molecule has 0 aliphatic heterocycles. The molecular weight excluding hydrogens is 785 g/mol. The quantitative estimate of drug-likeness (QED) is 0.152. The van der Waals surface area contributed by atoms with Crippen LogP contribution in [0.2, 0.25) is 49.4 Å². The summed E-state index contributed by atoms with van der Waals surface area (Å²) in [5.41, 5.74) is 1.61. The fraction of sp³-hybridized carbons (Fsp3) is 0.800. The minimum Gasteiger partial charge on any atom is -0.150 e. The van der Waals surface area contributed by atoms with Gasteiger partial charge in [-0.25, -0.2) is 0 Å².